The molecule has 0 spiro atoms. The smallest absolute Gasteiger partial charge is 0.417 e. The summed E-state index contributed by atoms with van der Waals surface area (Å²) in [7, 11) is 1.56. The van der Waals surface area contributed by atoms with Crippen molar-refractivity contribution in [2.24, 2.45) is 15.7 Å². The molecule has 36 heavy (non-hydrogen) atoms. The standard InChI is InChI=1S/C25H28ClF3N4O3/c1-4-18(12-31-16-26)13-32-22(11-30)21-6-5-20(10-24(21)35-8-7-34-3)36-15-23-17(2)9-19(14-33-23)25(27,28)29/h4-6,9,11-14,16,20H,1,7-8,10,15,30H2,2-3H3/b18-12+,22-11-,31-16+,32-13+/t20-/m0/s1. The van der Waals surface area contributed by atoms with Gasteiger partial charge in [-0.15, -0.1) is 0 Å². The summed E-state index contributed by atoms with van der Waals surface area (Å²) in [5, 5.41) is 0. The molecule has 7 nitrogen and oxygen atoms in total. The maximum Gasteiger partial charge on any atom is 0.417 e. The highest BCUT2D eigenvalue weighted by atomic mass is 35.5. The molecule has 2 N–H and O–H groups in total. The Morgan fingerprint density at radius 2 is 2.14 bits per heavy atom. The normalized spacial score (nSPS) is 17.4. The number of nitrogens with zero attached hydrogens (tertiary/aromatic N) is 3. The van der Waals surface area contributed by atoms with E-state index in [1.807, 2.05) is 0 Å². The van der Waals surface area contributed by atoms with Crippen molar-refractivity contribution in [1.82, 2.24) is 4.98 Å². The van der Waals surface area contributed by atoms with Crippen molar-refractivity contribution in [2.75, 3.05) is 20.3 Å². The summed E-state index contributed by atoms with van der Waals surface area (Å²) in [4.78, 5) is 12.2. The van der Waals surface area contributed by atoms with E-state index in [2.05, 4.69) is 21.5 Å². The van der Waals surface area contributed by atoms with Gasteiger partial charge in [-0.05, 0) is 18.6 Å². The Balaban J connectivity index is 2.19. The van der Waals surface area contributed by atoms with E-state index in [4.69, 9.17) is 31.5 Å². The molecule has 1 heterocycles. The van der Waals surface area contributed by atoms with Crippen LogP contribution in [0.1, 0.15) is 23.2 Å². The molecule has 1 atom stereocenters. The van der Waals surface area contributed by atoms with E-state index < -0.39 is 17.8 Å². The predicted molar refractivity (Wildman–Crippen MR) is 135 cm³/mol. The fourth-order valence-corrected chi connectivity index (χ4v) is 3.14. The number of pyridine rings is 1. The largest absolute Gasteiger partial charge is 0.495 e. The monoisotopic (exact) mass is 524 g/mol. The highest BCUT2D eigenvalue weighted by molar-refractivity contribution is 6.56. The number of nitrogens with two attached hydrogens (primary N) is 1. The number of aryl methyl sites for hydroxylation is 1. The number of hydrogen-bond donors (Lipinski definition) is 1. The van der Waals surface area contributed by atoms with Crippen LogP contribution in [0, 0.1) is 6.92 Å². The lowest BCUT2D eigenvalue weighted by molar-refractivity contribution is -0.137. The highest BCUT2D eigenvalue weighted by Gasteiger charge is 2.31. The van der Waals surface area contributed by atoms with Gasteiger partial charge in [-0.3, -0.25) is 15.0 Å². The van der Waals surface area contributed by atoms with Crippen LogP contribution in [0.3, 0.4) is 0 Å². The highest BCUT2D eigenvalue weighted by Crippen LogP contribution is 2.31. The lowest BCUT2D eigenvalue weighted by Gasteiger charge is -2.23. The lowest BCUT2D eigenvalue weighted by atomic mass is 10.00. The van der Waals surface area contributed by atoms with Gasteiger partial charge in [0.2, 0.25) is 0 Å². The number of aromatic nitrogens is 1. The van der Waals surface area contributed by atoms with Gasteiger partial charge in [-0.2, -0.15) is 13.2 Å². The van der Waals surface area contributed by atoms with Crippen molar-refractivity contribution in [3.8, 4) is 0 Å². The number of allylic oxidation sites excluding steroid dienone is 3. The summed E-state index contributed by atoms with van der Waals surface area (Å²) >= 11 is 5.46. The van der Waals surface area contributed by atoms with Crippen molar-refractivity contribution < 1.29 is 27.4 Å². The Bertz CT molecular complexity index is 1090. The first-order valence-electron chi connectivity index (χ1n) is 10.8. The van der Waals surface area contributed by atoms with E-state index in [-0.39, 0.29) is 6.61 Å². The molecule has 0 aliphatic heterocycles. The molecule has 0 saturated heterocycles. The van der Waals surface area contributed by atoms with Crippen LogP contribution in [0.4, 0.5) is 13.2 Å². The van der Waals surface area contributed by atoms with E-state index in [1.54, 1.807) is 32.3 Å². The molecular formula is C25H28ClF3N4O3. The van der Waals surface area contributed by atoms with Crippen LogP contribution < -0.4 is 5.73 Å². The second-order valence-electron chi connectivity index (χ2n) is 7.47. The second kappa shape index (κ2) is 14.4. The molecule has 1 aliphatic rings. The number of hydrogen-bond acceptors (Lipinski definition) is 7. The predicted octanol–water partition coefficient (Wildman–Crippen LogP) is 5.38. The van der Waals surface area contributed by atoms with Crippen LogP contribution >= 0.6 is 11.6 Å². The zero-order valence-corrected chi connectivity index (χ0v) is 20.7. The Kier molecular flexibility index (Phi) is 11.6. The summed E-state index contributed by atoms with van der Waals surface area (Å²) in [6.07, 6.45) is 5.80. The van der Waals surface area contributed by atoms with Gasteiger partial charge in [0.25, 0.3) is 0 Å². The Hall–Kier alpha value is -3.21. The van der Waals surface area contributed by atoms with Gasteiger partial charge in [0.05, 0.1) is 41.9 Å². The molecule has 0 radical (unpaired) electrons. The molecule has 11 heteroatoms. The third-order valence-corrected chi connectivity index (χ3v) is 5.09. The topological polar surface area (TPSA) is 91.3 Å². The molecule has 0 amide bonds. The van der Waals surface area contributed by atoms with Crippen molar-refractivity contribution >= 4 is 23.5 Å². The molecule has 0 unspecified atom stereocenters. The zero-order valence-electron chi connectivity index (χ0n) is 20.0. The van der Waals surface area contributed by atoms with E-state index in [9.17, 15) is 13.2 Å². The molecule has 1 aliphatic carbocycles. The third kappa shape index (κ3) is 8.78. The van der Waals surface area contributed by atoms with Crippen molar-refractivity contribution in [3.05, 3.63) is 88.9 Å². The van der Waals surface area contributed by atoms with Gasteiger partial charge in [0.1, 0.15) is 12.4 Å². The molecule has 1 aromatic rings. The van der Waals surface area contributed by atoms with Crippen molar-refractivity contribution in [1.29, 1.82) is 0 Å². The maximum atomic E-state index is 12.9. The molecule has 0 bridgehead atoms. The minimum Gasteiger partial charge on any atom is -0.495 e. The summed E-state index contributed by atoms with van der Waals surface area (Å²) in [6, 6.07) is 1.06. The number of rotatable bonds is 12. The van der Waals surface area contributed by atoms with Gasteiger partial charge in [-0.1, -0.05) is 36.4 Å². The summed E-state index contributed by atoms with van der Waals surface area (Å²) < 4.78 is 55.6. The van der Waals surface area contributed by atoms with E-state index in [0.717, 1.165) is 17.9 Å². The van der Waals surface area contributed by atoms with Gasteiger partial charge >= 0.3 is 6.18 Å². The van der Waals surface area contributed by atoms with Crippen LogP contribution in [-0.4, -0.2) is 43.3 Å². The van der Waals surface area contributed by atoms with E-state index >= 15 is 0 Å². The molecule has 0 aromatic carbocycles. The average Bonchev–Trinajstić information content (AvgIpc) is 2.85. The van der Waals surface area contributed by atoms with E-state index in [1.165, 1.54) is 18.6 Å². The summed E-state index contributed by atoms with van der Waals surface area (Å²) in [6.45, 7) is 5.96. The van der Waals surface area contributed by atoms with Gasteiger partial charge in [0, 0.05) is 49.5 Å². The van der Waals surface area contributed by atoms with E-state index in [0.29, 0.717) is 53.5 Å². The van der Waals surface area contributed by atoms with Gasteiger partial charge in [0.15, 0.2) is 0 Å². The fraction of sp³-hybridized carbons (Fsp3) is 0.320. The van der Waals surface area contributed by atoms with Crippen LogP contribution in [0.5, 0.6) is 0 Å². The molecule has 2 rings (SSSR count). The first kappa shape index (κ1) is 29.0. The molecular weight excluding hydrogens is 497 g/mol. The SMILES string of the molecule is C=CC(/C=N/C(=C\N)C1=C(OCCOC)C[C@@H](OCc2ncc(C(F)(F)F)cc2C)C=C1)=C\N=C\Cl. The van der Waals surface area contributed by atoms with Gasteiger partial charge in [-0.25, -0.2) is 0 Å². The quantitative estimate of drug-likeness (QED) is 0.225. The number of ether oxygens (including phenoxy) is 3. The third-order valence-electron chi connectivity index (χ3n) is 4.98. The molecule has 0 saturated carbocycles. The summed E-state index contributed by atoms with van der Waals surface area (Å²) in [5.74, 6) is 0.577. The number of aliphatic imine (C=N–C) groups is 2. The lowest BCUT2D eigenvalue weighted by Crippen LogP contribution is -2.19. The number of halogens is 4. The zero-order chi connectivity index (χ0) is 26.6. The Labute approximate surface area is 213 Å². The Morgan fingerprint density at radius 3 is 2.75 bits per heavy atom. The molecule has 194 valence electrons. The van der Waals surface area contributed by atoms with Crippen LogP contribution in [0.15, 0.2) is 82.1 Å². The Morgan fingerprint density at radius 1 is 1.36 bits per heavy atom. The maximum absolute atomic E-state index is 12.9. The minimum atomic E-state index is -4.45. The molecule has 1 aromatic heterocycles. The summed E-state index contributed by atoms with van der Waals surface area (Å²) in [5.41, 5.74) is 8.67. The fourth-order valence-electron chi connectivity index (χ4n) is 3.08. The van der Waals surface area contributed by atoms with Crippen LogP contribution in [0.2, 0.25) is 0 Å². The first-order valence-corrected chi connectivity index (χ1v) is 11.2. The number of alkyl halides is 3. The van der Waals surface area contributed by atoms with Crippen molar-refractivity contribution in [2.45, 2.75) is 32.2 Å². The average molecular weight is 525 g/mol. The minimum absolute atomic E-state index is 0.0337. The van der Waals surface area contributed by atoms with Crippen molar-refractivity contribution in [3.63, 3.8) is 0 Å². The van der Waals surface area contributed by atoms with Crippen LogP contribution in [-0.2, 0) is 27.0 Å². The molecule has 0 fully saturated rings. The van der Waals surface area contributed by atoms with Gasteiger partial charge < -0.3 is 19.9 Å². The second-order valence-corrected chi connectivity index (χ2v) is 7.66. The van der Waals surface area contributed by atoms with Crippen LogP contribution in [0.25, 0.3) is 0 Å². The first-order chi connectivity index (χ1) is 17.2. The number of methoxy groups -OCH3 is 1.